The van der Waals surface area contributed by atoms with Crippen molar-refractivity contribution in [1.29, 1.82) is 0 Å². The van der Waals surface area contributed by atoms with Gasteiger partial charge in [0, 0.05) is 43.4 Å². The van der Waals surface area contributed by atoms with Crippen molar-refractivity contribution in [2.75, 3.05) is 27.2 Å². The van der Waals surface area contributed by atoms with Crippen LogP contribution in [0.1, 0.15) is 44.8 Å². The van der Waals surface area contributed by atoms with Gasteiger partial charge in [-0.15, -0.1) is 0 Å². The van der Waals surface area contributed by atoms with Gasteiger partial charge < -0.3 is 14.5 Å². The maximum atomic E-state index is 13.2. The summed E-state index contributed by atoms with van der Waals surface area (Å²) in [6.45, 7) is 3.26. The van der Waals surface area contributed by atoms with Crippen molar-refractivity contribution in [2.24, 2.45) is 5.92 Å². The third-order valence-corrected chi connectivity index (χ3v) is 7.38. The Hall–Kier alpha value is -3.19. The summed E-state index contributed by atoms with van der Waals surface area (Å²) in [5.74, 6) is 1.17. The Morgan fingerprint density at radius 3 is 2.62 bits per heavy atom. The summed E-state index contributed by atoms with van der Waals surface area (Å²) in [4.78, 5) is 34.3. The molecule has 1 atom stereocenters. The molecule has 1 saturated heterocycles. The molecule has 0 bridgehead atoms. The largest absolute Gasteiger partial charge is 0.497 e. The predicted molar refractivity (Wildman–Crippen MR) is 134 cm³/mol. The zero-order chi connectivity index (χ0) is 24.1. The van der Waals surface area contributed by atoms with Crippen molar-refractivity contribution in [3.8, 4) is 5.75 Å². The number of rotatable bonds is 7. The standard InChI is InChI=1S/C27H31N3O3S/c1-19-7-8-22(17-28-19)27(32)30-12-9-21(10-13-30)25(16-20-5-4-6-24(15-20)33-3)29(2)26(31)23-11-14-34-18-23/h4-8,11,14-15,17-18,21,25H,9-10,12-13,16H2,1-3H3/t25-/m1/s1. The summed E-state index contributed by atoms with van der Waals surface area (Å²) in [6.07, 6.45) is 4.09. The van der Waals surface area contributed by atoms with Crippen LogP contribution in [-0.2, 0) is 6.42 Å². The van der Waals surface area contributed by atoms with Crippen LogP contribution in [0.15, 0.2) is 59.4 Å². The van der Waals surface area contributed by atoms with Crippen molar-refractivity contribution in [1.82, 2.24) is 14.8 Å². The van der Waals surface area contributed by atoms with E-state index in [0.717, 1.165) is 41.8 Å². The number of hydrogen-bond donors (Lipinski definition) is 0. The number of methoxy groups -OCH3 is 1. The highest BCUT2D eigenvalue weighted by Crippen LogP contribution is 2.29. The van der Waals surface area contributed by atoms with Crippen molar-refractivity contribution in [2.45, 2.75) is 32.2 Å². The maximum Gasteiger partial charge on any atom is 0.255 e. The van der Waals surface area contributed by atoms with Crippen LogP contribution >= 0.6 is 11.3 Å². The van der Waals surface area contributed by atoms with Crippen LogP contribution in [0.4, 0.5) is 0 Å². The second kappa shape index (κ2) is 10.8. The molecule has 7 heteroatoms. The molecule has 1 aliphatic heterocycles. The lowest BCUT2D eigenvalue weighted by molar-refractivity contribution is 0.0522. The number of likely N-dealkylation sites (N-methyl/N-ethyl adjacent to an activating group) is 1. The average Bonchev–Trinajstić information content (AvgIpc) is 3.42. The molecule has 0 radical (unpaired) electrons. The van der Waals surface area contributed by atoms with E-state index in [1.807, 2.05) is 70.9 Å². The minimum absolute atomic E-state index is 0.0257. The highest BCUT2D eigenvalue weighted by molar-refractivity contribution is 7.08. The second-order valence-electron chi connectivity index (χ2n) is 8.87. The van der Waals surface area contributed by atoms with Crippen molar-refractivity contribution >= 4 is 23.2 Å². The molecule has 178 valence electrons. The zero-order valence-corrected chi connectivity index (χ0v) is 20.8. The number of aryl methyl sites for hydroxylation is 1. The number of nitrogens with zero attached hydrogens (tertiary/aromatic N) is 3. The van der Waals surface area contributed by atoms with Gasteiger partial charge in [0.25, 0.3) is 11.8 Å². The van der Waals surface area contributed by atoms with Crippen LogP contribution in [0.25, 0.3) is 0 Å². The van der Waals surface area contributed by atoms with Crippen LogP contribution in [0.5, 0.6) is 5.75 Å². The van der Waals surface area contributed by atoms with E-state index in [9.17, 15) is 9.59 Å². The van der Waals surface area contributed by atoms with E-state index >= 15 is 0 Å². The summed E-state index contributed by atoms with van der Waals surface area (Å²) in [7, 11) is 3.57. The van der Waals surface area contributed by atoms with Gasteiger partial charge in [-0.3, -0.25) is 14.6 Å². The van der Waals surface area contributed by atoms with E-state index in [2.05, 4.69) is 11.1 Å². The van der Waals surface area contributed by atoms with Crippen molar-refractivity contribution < 1.29 is 14.3 Å². The SMILES string of the molecule is COc1cccc(C[C@H](C2CCN(C(=O)c3ccc(C)nc3)CC2)N(C)C(=O)c2ccsc2)c1. The number of benzene rings is 1. The summed E-state index contributed by atoms with van der Waals surface area (Å²) in [6, 6.07) is 13.7. The molecular weight excluding hydrogens is 446 g/mol. The third kappa shape index (κ3) is 5.47. The van der Waals surface area contributed by atoms with Gasteiger partial charge in [-0.2, -0.15) is 11.3 Å². The van der Waals surface area contributed by atoms with Crippen LogP contribution < -0.4 is 4.74 Å². The van der Waals surface area contributed by atoms with Gasteiger partial charge in [0.1, 0.15) is 5.75 Å². The van der Waals surface area contributed by atoms with E-state index in [-0.39, 0.29) is 17.9 Å². The first-order valence-electron chi connectivity index (χ1n) is 11.6. The highest BCUT2D eigenvalue weighted by atomic mass is 32.1. The first-order chi connectivity index (χ1) is 16.5. The van der Waals surface area contributed by atoms with E-state index in [0.29, 0.717) is 24.6 Å². The van der Waals surface area contributed by atoms with E-state index in [4.69, 9.17) is 4.74 Å². The number of pyridine rings is 1. The van der Waals surface area contributed by atoms with Gasteiger partial charge in [0.15, 0.2) is 0 Å². The van der Waals surface area contributed by atoms with Gasteiger partial charge in [0.05, 0.1) is 18.2 Å². The van der Waals surface area contributed by atoms with E-state index < -0.39 is 0 Å². The second-order valence-corrected chi connectivity index (χ2v) is 9.65. The fourth-order valence-electron chi connectivity index (χ4n) is 4.67. The number of hydrogen-bond acceptors (Lipinski definition) is 5. The molecular formula is C27H31N3O3S. The normalized spacial score (nSPS) is 15.1. The summed E-state index contributed by atoms with van der Waals surface area (Å²) in [5.41, 5.74) is 3.39. The number of likely N-dealkylation sites (tertiary alicyclic amines) is 1. The summed E-state index contributed by atoms with van der Waals surface area (Å²) in [5, 5.41) is 3.83. The first kappa shape index (κ1) is 24.0. The number of carbonyl (C=O) groups is 2. The lowest BCUT2D eigenvalue weighted by atomic mass is 9.84. The third-order valence-electron chi connectivity index (χ3n) is 6.69. The van der Waals surface area contributed by atoms with E-state index in [1.165, 1.54) is 11.3 Å². The molecule has 4 rings (SSSR count). The molecule has 1 fully saturated rings. The number of amides is 2. The molecule has 0 unspecified atom stereocenters. The molecule has 0 spiro atoms. The van der Waals surface area contributed by atoms with Crippen LogP contribution in [-0.4, -0.2) is 59.9 Å². The molecule has 2 aromatic heterocycles. The Labute approximate surface area is 205 Å². The molecule has 0 saturated carbocycles. The fourth-order valence-corrected chi connectivity index (χ4v) is 5.30. The molecule has 0 aliphatic carbocycles. The number of thiophene rings is 1. The van der Waals surface area contributed by atoms with Gasteiger partial charge in [0.2, 0.25) is 0 Å². The number of carbonyl (C=O) groups excluding carboxylic acids is 2. The van der Waals surface area contributed by atoms with Gasteiger partial charge in [-0.25, -0.2) is 0 Å². The first-order valence-corrected chi connectivity index (χ1v) is 12.5. The maximum absolute atomic E-state index is 13.2. The van der Waals surface area contributed by atoms with Crippen molar-refractivity contribution in [3.05, 3.63) is 81.8 Å². The van der Waals surface area contributed by atoms with Crippen molar-refractivity contribution in [3.63, 3.8) is 0 Å². The van der Waals surface area contributed by atoms with E-state index in [1.54, 1.807) is 13.3 Å². The number of ether oxygens (including phenoxy) is 1. The Kier molecular flexibility index (Phi) is 7.63. The minimum Gasteiger partial charge on any atom is -0.497 e. The summed E-state index contributed by atoms with van der Waals surface area (Å²) < 4.78 is 5.41. The monoisotopic (exact) mass is 477 g/mol. The van der Waals surface area contributed by atoms with Crippen LogP contribution in [0, 0.1) is 12.8 Å². The molecule has 1 aromatic carbocycles. The summed E-state index contributed by atoms with van der Waals surface area (Å²) >= 11 is 1.53. The highest BCUT2D eigenvalue weighted by Gasteiger charge is 2.33. The lowest BCUT2D eigenvalue weighted by Gasteiger charge is -2.40. The molecule has 6 nitrogen and oxygen atoms in total. The zero-order valence-electron chi connectivity index (χ0n) is 19.9. The molecule has 1 aliphatic rings. The topological polar surface area (TPSA) is 62.7 Å². The number of aromatic nitrogens is 1. The average molecular weight is 478 g/mol. The molecule has 3 heterocycles. The quantitative estimate of drug-likeness (QED) is 0.495. The molecule has 34 heavy (non-hydrogen) atoms. The Balaban J connectivity index is 1.50. The Morgan fingerprint density at radius 1 is 1.18 bits per heavy atom. The fraction of sp³-hybridized carbons (Fsp3) is 0.370. The minimum atomic E-state index is 0.0257. The molecule has 3 aromatic rings. The Bertz CT molecular complexity index is 1110. The molecule has 2 amide bonds. The Morgan fingerprint density at radius 2 is 1.97 bits per heavy atom. The van der Waals surface area contributed by atoms with Gasteiger partial charge in [-0.1, -0.05) is 12.1 Å². The van der Waals surface area contributed by atoms with Crippen LogP contribution in [0.2, 0.25) is 0 Å². The number of piperidine rings is 1. The predicted octanol–water partition coefficient (Wildman–Crippen LogP) is 4.70. The van der Waals surface area contributed by atoms with Crippen LogP contribution in [0.3, 0.4) is 0 Å². The smallest absolute Gasteiger partial charge is 0.255 e. The van der Waals surface area contributed by atoms with Gasteiger partial charge >= 0.3 is 0 Å². The lowest BCUT2D eigenvalue weighted by Crippen LogP contribution is -2.48. The van der Waals surface area contributed by atoms with Gasteiger partial charge in [-0.05, 0) is 73.4 Å². The molecule has 0 N–H and O–H groups in total.